The molecule has 0 amide bonds. The van der Waals surface area contributed by atoms with Crippen LogP contribution >= 0.6 is 0 Å². The third-order valence-electron chi connectivity index (χ3n) is 2.71. The molecule has 1 aromatic rings. The highest BCUT2D eigenvalue weighted by Crippen LogP contribution is 2.30. The lowest BCUT2D eigenvalue weighted by Gasteiger charge is -2.09. The van der Waals surface area contributed by atoms with Crippen LogP contribution in [0, 0.1) is 0 Å². The minimum atomic E-state index is 0.703. The zero-order valence-electron chi connectivity index (χ0n) is 8.46. The first kappa shape index (κ1) is 9.53. The van der Waals surface area contributed by atoms with Crippen LogP contribution in [0.2, 0.25) is 0 Å². The summed E-state index contributed by atoms with van der Waals surface area (Å²) in [4.78, 5) is 0. The smallest absolute Gasteiger partial charge is 0.122 e. The average Bonchev–Trinajstić information content (AvgIpc) is 2.67. The summed E-state index contributed by atoms with van der Waals surface area (Å²) in [5, 5.41) is 0. The molecule has 0 unspecified atom stereocenters. The van der Waals surface area contributed by atoms with Gasteiger partial charge in [-0.1, -0.05) is 12.1 Å². The van der Waals surface area contributed by atoms with Gasteiger partial charge in [0.15, 0.2) is 0 Å². The molecule has 0 spiro atoms. The number of aryl methyl sites for hydroxylation is 1. The number of benzene rings is 1. The second kappa shape index (κ2) is 4.47. The summed E-state index contributed by atoms with van der Waals surface area (Å²) in [6.07, 6.45) is 4.59. The third kappa shape index (κ3) is 1.90. The van der Waals surface area contributed by atoms with Crippen LogP contribution in [-0.4, -0.2) is 13.2 Å². The second-order valence-electron chi connectivity index (χ2n) is 3.74. The van der Waals surface area contributed by atoms with Crippen molar-refractivity contribution in [2.75, 3.05) is 13.2 Å². The molecule has 76 valence electrons. The number of nitrogens with two attached hydrogens (primary N) is 1. The Hall–Kier alpha value is -1.02. The van der Waals surface area contributed by atoms with Crippen molar-refractivity contribution in [3.05, 3.63) is 29.3 Å². The van der Waals surface area contributed by atoms with E-state index in [1.807, 2.05) is 0 Å². The van der Waals surface area contributed by atoms with E-state index in [0.717, 1.165) is 18.8 Å². The first-order chi connectivity index (χ1) is 6.92. The SMILES string of the molecule is NCCCOc1cccc2c1CCC2. The van der Waals surface area contributed by atoms with Crippen LogP contribution in [0.5, 0.6) is 5.75 Å². The Morgan fingerprint density at radius 3 is 3.07 bits per heavy atom. The summed E-state index contributed by atoms with van der Waals surface area (Å²) >= 11 is 0. The number of fused-ring (bicyclic) bond motifs is 1. The molecule has 1 aliphatic carbocycles. The van der Waals surface area contributed by atoms with Crippen LogP contribution in [-0.2, 0) is 12.8 Å². The van der Waals surface area contributed by atoms with Gasteiger partial charge in [0.1, 0.15) is 5.75 Å². The molecule has 14 heavy (non-hydrogen) atoms. The predicted molar refractivity (Wildman–Crippen MR) is 57.6 cm³/mol. The Morgan fingerprint density at radius 1 is 1.29 bits per heavy atom. The zero-order chi connectivity index (χ0) is 9.80. The molecular weight excluding hydrogens is 174 g/mol. The topological polar surface area (TPSA) is 35.2 Å². The van der Waals surface area contributed by atoms with Gasteiger partial charge in [-0.3, -0.25) is 0 Å². The van der Waals surface area contributed by atoms with Gasteiger partial charge in [-0.25, -0.2) is 0 Å². The Balaban J connectivity index is 2.06. The molecule has 1 aliphatic rings. The third-order valence-corrected chi connectivity index (χ3v) is 2.71. The van der Waals surface area contributed by atoms with Gasteiger partial charge in [-0.15, -0.1) is 0 Å². The van der Waals surface area contributed by atoms with Crippen LogP contribution in [0.25, 0.3) is 0 Å². The average molecular weight is 191 g/mol. The summed E-state index contributed by atoms with van der Waals surface area (Å²) in [5.41, 5.74) is 8.31. The largest absolute Gasteiger partial charge is 0.493 e. The van der Waals surface area contributed by atoms with Gasteiger partial charge in [0.2, 0.25) is 0 Å². The summed E-state index contributed by atoms with van der Waals surface area (Å²) in [6.45, 7) is 1.45. The van der Waals surface area contributed by atoms with Crippen molar-refractivity contribution < 1.29 is 4.74 Å². The molecule has 2 nitrogen and oxygen atoms in total. The van der Waals surface area contributed by atoms with E-state index in [4.69, 9.17) is 10.5 Å². The van der Waals surface area contributed by atoms with Crippen molar-refractivity contribution in [3.63, 3.8) is 0 Å². The Kier molecular flexibility index (Phi) is 3.04. The monoisotopic (exact) mass is 191 g/mol. The lowest BCUT2D eigenvalue weighted by molar-refractivity contribution is 0.310. The van der Waals surface area contributed by atoms with E-state index in [0.29, 0.717) is 6.54 Å². The first-order valence-electron chi connectivity index (χ1n) is 5.35. The minimum absolute atomic E-state index is 0.703. The number of hydrogen-bond donors (Lipinski definition) is 1. The molecule has 0 bridgehead atoms. The van der Waals surface area contributed by atoms with Gasteiger partial charge in [0, 0.05) is 0 Å². The van der Waals surface area contributed by atoms with E-state index in [1.165, 1.54) is 30.4 Å². The Labute approximate surface area is 85.1 Å². The van der Waals surface area contributed by atoms with Gasteiger partial charge in [-0.05, 0) is 49.4 Å². The highest BCUT2D eigenvalue weighted by atomic mass is 16.5. The van der Waals surface area contributed by atoms with Crippen molar-refractivity contribution in [1.82, 2.24) is 0 Å². The normalized spacial score (nSPS) is 14.1. The van der Waals surface area contributed by atoms with Crippen molar-refractivity contribution in [1.29, 1.82) is 0 Å². The zero-order valence-corrected chi connectivity index (χ0v) is 8.46. The fourth-order valence-corrected chi connectivity index (χ4v) is 1.99. The van der Waals surface area contributed by atoms with Crippen molar-refractivity contribution in [2.45, 2.75) is 25.7 Å². The summed E-state index contributed by atoms with van der Waals surface area (Å²) < 4.78 is 5.71. The van der Waals surface area contributed by atoms with Crippen LogP contribution in [0.3, 0.4) is 0 Å². The van der Waals surface area contributed by atoms with E-state index in [1.54, 1.807) is 0 Å². The van der Waals surface area contributed by atoms with E-state index in [9.17, 15) is 0 Å². The molecule has 0 radical (unpaired) electrons. The minimum Gasteiger partial charge on any atom is -0.493 e. The van der Waals surface area contributed by atoms with Gasteiger partial charge >= 0.3 is 0 Å². The lowest BCUT2D eigenvalue weighted by Crippen LogP contribution is -2.07. The summed E-state index contributed by atoms with van der Waals surface area (Å²) in [5.74, 6) is 1.08. The molecule has 0 saturated heterocycles. The number of ether oxygens (including phenoxy) is 1. The van der Waals surface area contributed by atoms with Crippen molar-refractivity contribution >= 4 is 0 Å². The van der Waals surface area contributed by atoms with E-state index in [-0.39, 0.29) is 0 Å². The van der Waals surface area contributed by atoms with Gasteiger partial charge in [0.05, 0.1) is 6.61 Å². The van der Waals surface area contributed by atoms with E-state index < -0.39 is 0 Å². The molecule has 2 rings (SSSR count). The number of hydrogen-bond acceptors (Lipinski definition) is 2. The highest BCUT2D eigenvalue weighted by molar-refractivity contribution is 5.42. The molecule has 0 atom stereocenters. The molecular formula is C12H17NO. The molecule has 0 heterocycles. The standard InChI is InChI=1S/C12H17NO/c13-8-3-9-14-12-7-2-5-10-4-1-6-11(10)12/h2,5,7H,1,3-4,6,8-9,13H2. The fourth-order valence-electron chi connectivity index (χ4n) is 1.99. The van der Waals surface area contributed by atoms with Gasteiger partial charge in [-0.2, -0.15) is 0 Å². The van der Waals surface area contributed by atoms with Gasteiger partial charge < -0.3 is 10.5 Å². The van der Waals surface area contributed by atoms with E-state index in [2.05, 4.69) is 18.2 Å². The molecule has 2 N–H and O–H groups in total. The number of rotatable bonds is 4. The maximum atomic E-state index is 5.71. The van der Waals surface area contributed by atoms with Crippen LogP contribution in [0.4, 0.5) is 0 Å². The summed E-state index contributed by atoms with van der Waals surface area (Å²) in [6, 6.07) is 6.36. The van der Waals surface area contributed by atoms with Crippen LogP contribution < -0.4 is 10.5 Å². The van der Waals surface area contributed by atoms with Crippen molar-refractivity contribution in [2.24, 2.45) is 5.73 Å². The summed E-state index contributed by atoms with van der Waals surface area (Å²) in [7, 11) is 0. The van der Waals surface area contributed by atoms with E-state index >= 15 is 0 Å². The maximum absolute atomic E-state index is 5.71. The molecule has 2 heteroatoms. The second-order valence-corrected chi connectivity index (χ2v) is 3.74. The maximum Gasteiger partial charge on any atom is 0.122 e. The van der Waals surface area contributed by atoms with Crippen LogP contribution in [0.1, 0.15) is 24.0 Å². The quantitative estimate of drug-likeness (QED) is 0.738. The Bertz CT molecular complexity index is 309. The Morgan fingerprint density at radius 2 is 2.21 bits per heavy atom. The fraction of sp³-hybridized carbons (Fsp3) is 0.500. The van der Waals surface area contributed by atoms with Crippen LogP contribution in [0.15, 0.2) is 18.2 Å². The predicted octanol–water partition coefficient (Wildman–Crippen LogP) is 1.90. The molecule has 0 saturated carbocycles. The van der Waals surface area contributed by atoms with Gasteiger partial charge in [0.25, 0.3) is 0 Å². The molecule has 0 fully saturated rings. The highest BCUT2D eigenvalue weighted by Gasteiger charge is 2.14. The first-order valence-corrected chi connectivity index (χ1v) is 5.35. The van der Waals surface area contributed by atoms with Crippen molar-refractivity contribution in [3.8, 4) is 5.75 Å². The molecule has 0 aliphatic heterocycles. The molecule has 1 aromatic carbocycles. The molecule has 0 aromatic heterocycles. The lowest BCUT2D eigenvalue weighted by atomic mass is 10.1.